The Bertz CT molecular complexity index is 326. The van der Waals surface area contributed by atoms with E-state index in [1.54, 1.807) is 0 Å². The van der Waals surface area contributed by atoms with E-state index in [-0.39, 0.29) is 5.46 Å². The summed E-state index contributed by atoms with van der Waals surface area (Å²) < 4.78 is 51.2. The van der Waals surface area contributed by atoms with Gasteiger partial charge in [0.25, 0.3) is 0 Å². The lowest BCUT2D eigenvalue weighted by Crippen LogP contribution is -2.20. The fourth-order valence-corrected chi connectivity index (χ4v) is 0.810. The van der Waals surface area contributed by atoms with Gasteiger partial charge in [-0.05, 0) is 11.5 Å². The van der Waals surface area contributed by atoms with E-state index in [0.717, 1.165) is 12.1 Å². The average Bonchev–Trinajstić information content (AvgIpc) is 2.01. The molecule has 75 valence electrons. The van der Waals surface area contributed by atoms with Crippen LogP contribution < -0.4 is 10.2 Å². The number of alkyl halides is 3. The molecule has 1 radical (unpaired) electrons. The second kappa shape index (κ2) is 3.87. The van der Waals surface area contributed by atoms with Gasteiger partial charge in [0, 0.05) is 6.07 Å². The van der Waals surface area contributed by atoms with E-state index in [2.05, 4.69) is 4.74 Å². The fraction of sp³-hybridized carbons (Fsp3) is 0.143. The highest BCUT2D eigenvalue weighted by Crippen LogP contribution is 2.22. The topological polar surface area (TPSA) is 29.5 Å². The Morgan fingerprint density at radius 2 is 1.93 bits per heavy atom. The summed E-state index contributed by atoms with van der Waals surface area (Å²) in [5.41, 5.74) is -0.209. The molecule has 0 heterocycles. The molecule has 0 fully saturated rings. The normalized spacial score (nSPS) is 11.2. The smallest absolute Gasteiger partial charge is 0.450 e. The average molecular weight is 207 g/mol. The van der Waals surface area contributed by atoms with Crippen molar-refractivity contribution in [2.45, 2.75) is 6.36 Å². The maximum absolute atomic E-state index is 12.8. The molecule has 1 aromatic rings. The maximum Gasteiger partial charge on any atom is 0.573 e. The van der Waals surface area contributed by atoms with Crippen LogP contribution in [-0.2, 0) is 0 Å². The lowest BCUT2D eigenvalue weighted by Gasteiger charge is -2.09. The predicted molar refractivity (Wildman–Crippen MR) is 40.7 cm³/mol. The lowest BCUT2D eigenvalue weighted by molar-refractivity contribution is -0.274. The molecule has 1 N–H and O–H groups in total. The van der Waals surface area contributed by atoms with Crippen molar-refractivity contribution < 1.29 is 27.3 Å². The van der Waals surface area contributed by atoms with E-state index < -0.39 is 17.9 Å². The Morgan fingerprint density at radius 3 is 2.36 bits per heavy atom. The van der Waals surface area contributed by atoms with E-state index in [9.17, 15) is 17.6 Å². The first kappa shape index (κ1) is 10.8. The molecule has 2 nitrogen and oxygen atoms in total. The van der Waals surface area contributed by atoms with Gasteiger partial charge in [-0.15, -0.1) is 13.2 Å². The molecule has 1 aromatic carbocycles. The summed E-state index contributed by atoms with van der Waals surface area (Å²) >= 11 is 0. The molecule has 1 rings (SSSR count). The van der Waals surface area contributed by atoms with E-state index >= 15 is 0 Å². The molecular formula is C7H4BF4O2. The summed E-state index contributed by atoms with van der Waals surface area (Å²) in [5.74, 6) is -1.66. The van der Waals surface area contributed by atoms with Gasteiger partial charge in [0.2, 0.25) is 0 Å². The Hall–Kier alpha value is -1.24. The van der Waals surface area contributed by atoms with Crippen molar-refractivity contribution >= 4 is 12.9 Å². The molecule has 0 aliphatic rings. The number of hydrogen-bond acceptors (Lipinski definition) is 2. The first-order valence-corrected chi connectivity index (χ1v) is 3.45. The molecule has 0 amide bonds. The predicted octanol–water partition coefficient (Wildman–Crippen LogP) is 0.961. The number of benzene rings is 1. The number of ether oxygens (including phenoxy) is 1. The van der Waals surface area contributed by atoms with Crippen molar-refractivity contribution in [2.24, 2.45) is 0 Å². The minimum absolute atomic E-state index is 0.209. The minimum Gasteiger partial charge on any atom is -0.450 e. The third-order valence-electron chi connectivity index (χ3n) is 1.34. The standard InChI is InChI=1S/C7H4BF4O2/c9-6-3-4(14-7(10,11)12)1-2-5(6)8-13/h1-3,13H. The van der Waals surface area contributed by atoms with E-state index in [0.29, 0.717) is 13.5 Å². The molecule has 7 heteroatoms. The van der Waals surface area contributed by atoms with Crippen LogP contribution in [0, 0.1) is 5.82 Å². The van der Waals surface area contributed by atoms with Crippen molar-refractivity contribution in [1.29, 1.82) is 0 Å². The fourth-order valence-electron chi connectivity index (χ4n) is 0.810. The number of halogens is 4. The molecule has 0 unspecified atom stereocenters. The van der Waals surface area contributed by atoms with Crippen LogP contribution in [-0.4, -0.2) is 18.9 Å². The van der Waals surface area contributed by atoms with Crippen LogP contribution in [0.2, 0.25) is 0 Å². The summed E-state index contributed by atoms with van der Waals surface area (Å²) in [6.45, 7) is 0. The molecule has 0 aliphatic heterocycles. The summed E-state index contributed by atoms with van der Waals surface area (Å²) in [6.07, 6.45) is -4.85. The molecular weight excluding hydrogens is 203 g/mol. The van der Waals surface area contributed by atoms with Gasteiger partial charge in [0.15, 0.2) is 0 Å². The zero-order valence-corrected chi connectivity index (χ0v) is 6.68. The first-order chi connectivity index (χ1) is 6.42. The zero-order chi connectivity index (χ0) is 10.8. The van der Waals surface area contributed by atoms with Gasteiger partial charge < -0.3 is 9.76 Å². The molecule has 0 saturated heterocycles. The van der Waals surface area contributed by atoms with Gasteiger partial charge in [-0.25, -0.2) is 4.39 Å². The molecule has 0 atom stereocenters. The van der Waals surface area contributed by atoms with Gasteiger partial charge in [-0.2, -0.15) is 0 Å². The molecule has 14 heavy (non-hydrogen) atoms. The molecule has 0 bridgehead atoms. The van der Waals surface area contributed by atoms with Crippen molar-refractivity contribution in [1.82, 2.24) is 0 Å². The van der Waals surface area contributed by atoms with Gasteiger partial charge in [-0.1, -0.05) is 6.07 Å². The van der Waals surface area contributed by atoms with Crippen LogP contribution in [0.4, 0.5) is 17.6 Å². The van der Waals surface area contributed by atoms with Gasteiger partial charge in [0.1, 0.15) is 11.6 Å². The summed E-state index contributed by atoms with van der Waals surface area (Å²) in [6, 6.07) is 2.41. The van der Waals surface area contributed by atoms with Crippen molar-refractivity contribution in [3.63, 3.8) is 0 Å². The highest BCUT2D eigenvalue weighted by molar-refractivity contribution is 6.45. The maximum atomic E-state index is 12.8. The molecule has 0 aromatic heterocycles. The first-order valence-electron chi connectivity index (χ1n) is 3.45. The summed E-state index contributed by atoms with van der Waals surface area (Å²) in [4.78, 5) is 0. The summed E-state index contributed by atoms with van der Waals surface area (Å²) in [5, 5.41) is 8.41. The molecule has 0 saturated carbocycles. The lowest BCUT2D eigenvalue weighted by atomic mass is 9.88. The number of rotatable bonds is 2. The van der Waals surface area contributed by atoms with Crippen molar-refractivity contribution in [3.05, 3.63) is 24.0 Å². The van der Waals surface area contributed by atoms with E-state index in [4.69, 9.17) is 5.02 Å². The van der Waals surface area contributed by atoms with Crippen LogP contribution >= 0.6 is 0 Å². The Kier molecular flexibility index (Phi) is 3.00. The highest BCUT2D eigenvalue weighted by atomic mass is 19.4. The van der Waals surface area contributed by atoms with Crippen LogP contribution in [0.5, 0.6) is 5.75 Å². The van der Waals surface area contributed by atoms with Gasteiger partial charge >= 0.3 is 13.8 Å². The Morgan fingerprint density at radius 1 is 1.29 bits per heavy atom. The third kappa shape index (κ3) is 2.92. The van der Waals surface area contributed by atoms with E-state index in [1.807, 2.05) is 0 Å². The Labute approximate surface area is 77.4 Å². The Balaban J connectivity index is 2.87. The minimum atomic E-state index is -4.85. The number of hydrogen-bond donors (Lipinski definition) is 1. The van der Waals surface area contributed by atoms with Crippen molar-refractivity contribution in [3.8, 4) is 5.75 Å². The zero-order valence-electron chi connectivity index (χ0n) is 6.68. The van der Waals surface area contributed by atoms with E-state index in [1.165, 1.54) is 0 Å². The van der Waals surface area contributed by atoms with Crippen LogP contribution in [0.1, 0.15) is 0 Å². The second-order valence-electron chi connectivity index (χ2n) is 2.36. The van der Waals surface area contributed by atoms with Gasteiger partial charge in [-0.3, -0.25) is 0 Å². The quantitative estimate of drug-likeness (QED) is 0.578. The monoisotopic (exact) mass is 207 g/mol. The molecule has 0 spiro atoms. The molecule has 0 aliphatic carbocycles. The van der Waals surface area contributed by atoms with Gasteiger partial charge in [0.05, 0.1) is 0 Å². The van der Waals surface area contributed by atoms with Crippen LogP contribution in [0.15, 0.2) is 18.2 Å². The van der Waals surface area contributed by atoms with Crippen LogP contribution in [0.3, 0.4) is 0 Å². The highest BCUT2D eigenvalue weighted by Gasteiger charge is 2.31. The summed E-state index contributed by atoms with van der Waals surface area (Å²) in [7, 11) is 0.451. The third-order valence-corrected chi connectivity index (χ3v) is 1.34. The van der Waals surface area contributed by atoms with Crippen LogP contribution in [0.25, 0.3) is 0 Å². The SMILES string of the molecule is O[B]c1ccc(OC(F)(F)F)cc1F. The largest absolute Gasteiger partial charge is 0.573 e. The second-order valence-corrected chi connectivity index (χ2v) is 2.36. The van der Waals surface area contributed by atoms with Crippen molar-refractivity contribution in [2.75, 3.05) is 0 Å².